The molecule has 66 valence electrons. The van der Waals surface area contributed by atoms with Crippen molar-refractivity contribution in [1.29, 1.82) is 5.26 Å². The zero-order chi connectivity index (χ0) is 9.42. The highest BCUT2D eigenvalue weighted by Gasteiger charge is 2.24. The van der Waals surface area contributed by atoms with Gasteiger partial charge < -0.3 is 15.6 Å². The van der Waals surface area contributed by atoms with Gasteiger partial charge in [0.15, 0.2) is 11.5 Å². The molecule has 0 aromatic heterocycles. The summed E-state index contributed by atoms with van der Waals surface area (Å²) in [6.07, 6.45) is 0. The first-order chi connectivity index (χ1) is 6.22. The molecule has 0 unspecified atom stereocenters. The lowest BCUT2D eigenvalue weighted by Gasteiger charge is -2.02. The van der Waals surface area contributed by atoms with Gasteiger partial charge in [-0.2, -0.15) is 5.26 Å². The van der Waals surface area contributed by atoms with Crippen molar-refractivity contribution >= 4 is 0 Å². The molecule has 2 rings (SSSR count). The number of ether oxygens (including phenoxy) is 1. The maximum atomic E-state index is 9.43. The third-order valence-electron chi connectivity index (χ3n) is 2.03. The molecular weight excluding hydrogens is 168 g/mol. The van der Waals surface area contributed by atoms with Gasteiger partial charge in [0.25, 0.3) is 0 Å². The first kappa shape index (κ1) is 7.90. The van der Waals surface area contributed by atoms with Crippen LogP contribution in [0.1, 0.15) is 17.2 Å². The van der Waals surface area contributed by atoms with Gasteiger partial charge in [-0.25, -0.2) is 0 Å². The Hall–Kier alpha value is -1.73. The minimum absolute atomic E-state index is 0.0120. The molecule has 1 aromatic rings. The quantitative estimate of drug-likeness (QED) is 0.608. The van der Waals surface area contributed by atoms with Gasteiger partial charge in [0.05, 0.1) is 17.7 Å². The van der Waals surface area contributed by atoms with Crippen molar-refractivity contribution in [2.24, 2.45) is 5.73 Å². The number of nitrogens with two attached hydrogens (primary N) is 1. The van der Waals surface area contributed by atoms with Crippen molar-refractivity contribution in [2.45, 2.75) is 6.04 Å². The van der Waals surface area contributed by atoms with Gasteiger partial charge in [0.2, 0.25) is 0 Å². The highest BCUT2D eigenvalue weighted by atomic mass is 16.5. The van der Waals surface area contributed by atoms with Gasteiger partial charge in [-0.15, -0.1) is 0 Å². The predicted molar refractivity (Wildman–Crippen MR) is 45.2 cm³/mol. The number of phenolic OH excluding ortho intramolecular Hbond substituents is 1. The Morgan fingerprint density at radius 2 is 2.38 bits per heavy atom. The first-order valence-corrected chi connectivity index (χ1v) is 3.87. The second-order valence-electron chi connectivity index (χ2n) is 2.94. The van der Waals surface area contributed by atoms with Crippen molar-refractivity contribution in [2.75, 3.05) is 6.61 Å². The lowest BCUT2D eigenvalue weighted by atomic mass is 10.1. The summed E-state index contributed by atoms with van der Waals surface area (Å²) in [5.74, 6) is 0.397. The Morgan fingerprint density at radius 1 is 1.62 bits per heavy atom. The molecule has 0 saturated carbocycles. The molecule has 0 saturated heterocycles. The lowest BCUT2D eigenvalue weighted by molar-refractivity contribution is 0.317. The second kappa shape index (κ2) is 2.64. The van der Waals surface area contributed by atoms with Crippen LogP contribution in [0.4, 0.5) is 0 Å². The average molecular weight is 176 g/mol. The summed E-state index contributed by atoms with van der Waals surface area (Å²) in [4.78, 5) is 0. The topological polar surface area (TPSA) is 79.3 Å². The van der Waals surface area contributed by atoms with Crippen molar-refractivity contribution in [3.05, 3.63) is 23.3 Å². The molecule has 1 aliphatic heterocycles. The van der Waals surface area contributed by atoms with Crippen LogP contribution in [0.3, 0.4) is 0 Å². The minimum Gasteiger partial charge on any atom is -0.504 e. The van der Waals surface area contributed by atoms with E-state index in [0.717, 1.165) is 0 Å². The Kier molecular flexibility index (Phi) is 1.61. The smallest absolute Gasteiger partial charge is 0.165 e. The molecule has 0 radical (unpaired) electrons. The second-order valence-corrected chi connectivity index (χ2v) is 2.94. The lowest BCUT2D eigenvalue weighted by Crippen LogP contribution is -2.10. The van der Waals surface area contributed by atoms with Gasteiger partial charge in [-0.1, -0.05) is 0 Å². The Balaban J connectivity index is 2.61. The molecule has 0 aliphatic carbocycles. The van der Waals surface area contributed by atoms with Crippen molar-refractivity contribution in [3.63, 3.8) is 0 Å². The summed E-state index contributed by atoms with van der Waals surface area (Å²) in [6, 6.07) is 4.72. The molecule has 4 nitrogen and oxygen atoms in total. The minimum atomic E-state index is -0.241. The normalized spacial score (nSPS) is 18.9. The van der Waals surface area contributed by atoms with Crippen LogP contribution in [0.15, 0.2) is 12.1 Å². The average Bonchev–Trinajstić information content (AvgIpc) is 2.48. The fraction of sp³-hybridized carbons (Fsp3) is 0.222. The maximum Gasteiger partial charge on any atom is 0.165 e. The van der Waals surface area contributed by atoms with Gasteiger partial charge >= 0.3 is 0 Å². The molecule has 1 heterocycles. The van der Waals surface area contributed by atoms with Crippen LogP contribution in [0.2, 0.25) is 0 Å². The van der Waals surface area contributed by atoms with E-state index >= 15 is 0 Å². The number of hydrogen-bond donors (Lipinski definition) is 2. The molecule has 1 atom stereocenters. The number of fused-ring (bicyclic) bond motifs is 1. The highest BCUT2D eigenvalue weighted by molar-refractivity contribution is 5.54. The van der Waals surface area contributed by atoms with E-state index < -0.39 is 0 Å². The Morgan fingerprint density at radius 3 is 3.08 bits per heavy atom. The van der Waals surface area contributed by atoms with Crippen LogP contribution in [-0.2, 0) is 0 Å². The third-order valence-corrected chi connectivity index (χ3v) is 2.03. The van der Waals surface area contributed by atoms with Crippen LogP contribution in [-0.4, -0.2) is 11.7 Å². The van der Waals surface area contributed by atoms with E-state index in [1.165, 1.54) is 6.07 Å². The Labute approximate surface area is 75.2 Å². The summed E-state index contributed by atoms with van der Waals surface area (Å²) in [5, 5.41) is 18.1. The fourth-order valence-corrected chi connectivity index (χ4v) is 1.40. The zero-order valence-electron chi connectivity index (χ0n) is 6.82. The summed E-state index contributed by atoms with van der Waals surface area (Å²) in [6.45, 7) is 0.359. The summed E-state index contributed by atoms with van der Waals surface area (Å²) >= 11 is 0. The molecule has 3 N–H and O–H groups in total. The molecule has 0 fully saturated rings. The Bertz CT molecular complexity index is 395. The molecule has 13 heavy (non-hydrogen) atoms. The predicted octanol–water partition coefficient (Wildman–Crippen LogP) is 0.656. The van der Waals surface area contributed by atoms with Crippen molar-refractivity contribution in [1.82, 2.24) is 0 Å². The molecule has 1 aliphatic rings. The number of aromatic hydroxyl groups is 1. The van der Waals surface area contributed by atoms with E-state index in [1.54, 1.807) is 6.07 Å². The molecule has 0 amide bonds. The monoisotopic (exact) mass is 176 g/mol. The number of phenols is 1. The summed E-state index contributed by atoms with van der Waals surface area (Å²) < 4.78 is 5.16. The molecule has 4 heteroatoms. The standard InChI is InChI=1S/C9H8N2O2/c10-3-5-1-6-7(11)4-13-9(6)8(12)2-5/h1-2,7,12H,4,11H2/t7-/m1/s1. The fourth-order valence-electron chi connectivity index (χ4n) is 1.40. The molecule has 0 bridgehead atoms. The van der Waals surface area contributed by atoms with Crippen molar-refractivity contribution in [3.8, 4) is 17.6 Å². The number of nitriles is 1. The van der Waals surface area contributed by atoms with Crippen molar-refractivity contribution < 1.29 is 9.84 Å². The largest absolute Gasteiger partial charge is 0.504 e. The van der Waals surface area contributed by atoms with E-state index in [-0.39, 0.29) is 11.8 Å². The summed E-state index contributed by atoms with van der Waals surface area (Å²) in [7, 11) is 0. The number of rotatable bonds is 0. The molecule has 1 aromatic carbocycles. The van der Waals surface area contributed by atoms with E-state index in [0.29, 0.717) is 23.5 Å². The van der Waals surface area contributed by atoms with Crippen LogP contribution in [0.25, 0.3) is 0 Å². The van der Waals surface area contributed by atoms with E-state index in [1.807, 2.05) is 6.07 Å². The van der Waals surface area contributed by atoms with Crippen LogP contribution < -0.4 is 10.5 Å². The van der Waals surface area contributed by atoms with E-state index in [9.17, 15) is 5.11 Å². The van der Waals surface area contributed by atoms with Crippen LogP contribution in [0, 0.1) is 11.3 Å². The number of benzene rings is 1. The van der Waals surface area contributed by atoms with Gasteiger partial charge in [0, 0.05) is 11.6 Å². The maximum absolute atomic E-state index is 9.43. The van der Waals surface area contributed by atoms with E-state index in [4.69, 9.17) is 15.7 Å². The molecule has 0 spiro atoms. The third kappa shape index (κ3) is 1.10. The van der Waals surface area contributed by atoms with Crippen LogP contribution in [0.5, 0.6) is 11.5 Å². The van der Waals surface area contributed by atoms with Gasteiger partial charge in [0.1, 0.15) is 6.61 Å². The SMILES string of the molecule is N#Cc1cc(O)c2c(c1)[C@H](N)CO2. The summed E-state index contributed by atoms with van der Waals surface area (Å²) in [5.41, 5.74) is 6.80. The van der Waals surface area contributed by atoms with Crippen LogP contribution >= 0.6 is 0 Å². The molecular formula is C9H8N2O2. The van der Waals surface area contributed by atoms with Gasteiger partial charge in [-0.05, 0) is 6.07 Å². The zero-order valence-corrected chi connectivity index (χ0v) is 6.82. The van der Waals surface area contributed by atoms with E-state index in [2.05, 4.69) is 0 Å². The van der Waals surface area contributed by atoms with Gasteiger partial charge in [-0.3, -0.25) is 0 Å². The number of nitrogens with zero attached hydrogens (tertiary/aromatic N) is 1. The first-order valence-electron chi connectivity index (χ1n) is 3.87. The number of hydrogen-bond acceptors (Lipinski definition) is 4. The highest BCUT2D eigenvalue weighted by Crippen LogP contribution is 2.39.